The van der Waals surface area contributed by atoms with Crippen LogP contribution in [0.25, 0.3) is 0 Å². The summed E-state index contributed by atoms with van der Waals surface area (Å²) >= 11 is 0. The Bertz CT molecular complexity index is 323. The SMILES string of the molecule is CC(NCCN)c1ccc(C(F)(F)F)nn1. The predicted molar refractivity (Wildman–Crippen MR) is 52.5 cm³/mol. The summed E-state index contributed by atoms with van der Waals surface area (Å²) in [6, 6.07) is 2.06. The molecule has 0 aliphatic heterocycles. The molecule has 0 bridgehead atoms. The van der Waals surface area contributed by atoms with Gasteiger partial charge in [-0.1, -0.05) is 0 Å². The normalized spacial score (nSPS) is 13.8. The molecule has 1 aromatic rings. The van der Waals surface area contributed by atoms with Crippen molar-refractivity contribution in [1.82, 2.24) is 15.5 Å². The Morgan fingerprint density at radius 2 is 2.06 bits per heavy atom. The topological polar surface area (TPSA) is 63.8 Å². The minimum atomic E-state index is -4.44. The molecule has 1 aromatic heterocycles. The number of aromatic nitrogens is 2. The van der Waals surface area contributed by atoms with E-state index in [1.807, 2.05) is 0 Å². The molecule has 0 aliphatic rings. The van der Waals surface area contributed by atoms with Crippen LogP contribution in [0.3, 0.4) is 0 Å². The van der Waals surface area contributed by atoms with Crippen LogP contribution in [0.2, 0.25) is 0 Å². The molecule has 90 valence electrons. The van der Waals surface area contributed by atoms with Gasteiger partial charge >= 0.3 is 6.18 Å². The highest BCUT2D eigenvalue weighted by Gasteiger charge is 2.32. The number of hydrogen-bond acceptors (Lipinski definition) is 4. The van der Waals surface area contributed by atoms with Gasteiger partial charge < -0.3 is 11.1 Å². The molecule has 0 aromatic carbocycles. The first-order valence-corrected chi connectivity index (χ1v) is 4.79. The number of nitrogens with two attached hydrogens (primary N) is 1. The van der Waals surface area contributed by atoms with Crippen LogP contribution in [0.5, 0.6) is 0 Å². The number of halogens is 3. The molecule has 3 N–H and O–H groups in total. The van der Waals surface area contributed by atoms with Crippen molar-refractivity contribution in [3.8, 4) is 0 Å². The van der Waals surface area contributed by atoms with Crippen molar-refractivity contribution in [3.63, 3.8) is 0 Å². The summed E-state index contributed by atoms with van der Waals surface area (Å²) in [6.45, 7) is 2.81. The highest BCUT2D eigenvalue weighted by molar-refractivity contribution is 5.11. The first kappa shape index (κ1) is 12.9. The Balaban J connectivity index is 2.71. The zero-order chi connectivity index (χ0) is 12.2. The van der Waals surface area contributed by atoms with Crippen LogP contribution in [-0.4, -0.2) is 23.3 Å². The van der Waals surface area contributed by atoms with E-state index in [1.165, 1.54) is 6.07 Å². The monoisotopic (exact) mass is 234 g/mol. The van der Waals surface area contributed by atoms with E-state index in [-0.39, 0.29) is 6.04 Å². The average Bonchev–Trinajstić information content (AvgIpc) is 2.25. The van der Waals surface area contributed by atoms with Gasteiger partial charge in [0.05, 0.1) is 5.69 Å². The molecule has 0 saturated heterocycles. The molecule has 1 unspecified atom stereocenters. The first-order chi connectivity index (χ1) is 7.45. The summed E-state index contributed by atoms with van der Waals surface area (Å²) in [5.74, 6) is 0. The van der Waals surface area contributed by atoms with E-state index >= 15 is 0 Å². The van der Waals surface area contributed by atoms with E-state index in [2.05, 4.69) is 15.5 Å². The van der Waals surface area contributed by atoms with Crippen molar-refractivity contribution in [2.45, 2.75) is 19.1 Å². The largest absolute Gasteiger partial charge is 0.435 e. The van der Waals surface area contributed by atoms with Gasteiger partial charge in [-0.15, -0.1) is 5.10 Å². The van der Waals surface area contributed by atoms with E-state index in [0.717, 1.165) is 6.07 Å². The van der Waals surface area contributed by atoms with Crippen molar-refractivity contribution in [2.75, 3.05) is 13.1 Å². The second-order valence-corrected chi connectivity index (χ2v) is 3.31. The lowest BCUT2D eigenvalue weighted by Gasteiger charge is -2.12. The van der Waals surface area contributed by atoms with Gasteiger partial charge in [0, 0.05) is 19.1 Å². The van der Waals surface area contributed by atoms with Gasteiger partial charge in [0.2, 0.25) is 0 Å². The highest BCUT2D eigenvalue weighted by atomic mass is 19.4. The third kappa shape index (κ3) is 3.42. The molecule has 0 fully saturated rings. The van der Waals surface area contributed by atoms with Crippen molar-refractivity contribution < 1.29 is 13.2 Å². The molecule has 1 atom stereocenters. The Labute approximate surface area is 91.1 Å². The van der Waals surface area contributed by atoms with E-state index in [9.17, 15) is 13.2 Å². The number of nitrogens with one attached hydrogen (secondary N) is 1. The van der Waals surface area contributed by atoms with Crippen LogP contribution in [0, 0.1) is 0 Å². The van der Waals surface area contributed by atoms with E-state index in [0.29, 0.717) is 18.8 Å². The predicted octanol–water partition coefficient (Wildman–Crippen LogP) is 1.10. The van der Waals surface area contributed by atoms with E-state index < -0.39 is 11.9 Å². The average molecular weight is 234 g/mol. The van der Waals surface area contributed by atoms with Crippen molar-refractivity contribution in [3.05, 3.63) is 23.5 Å². The standard InChI is InChI=1S/C9H13F3N4/c1-6(14-5-4-13)7-2-3-8(16-15-7)9(10,11)12/h2-3,6,14H,4-5,13H2,1H3. The third-order valence-electron chi connectivity index (χ3n) is 2.01. The Hall–Kier alpha value is -1.21. The van der Waals surface area contributed by atoms with Gasteiger partial charge in [0.25, 0.3) is 0 Å². The van der Waals surface area contributed by atoms with Gasteiger partial charge in [-0.2, -0.15) is 18.3 Å². The fraction of sp³-hybridized carbons (Fsp3) is 0.556. The summed E-state index contributed by atoms with van der Waals surface area (Å²) in [5, 5.41) is 9.66. The van der Waals surface area contributed by atoms with Crippen LogP contribution in [0.15, 0.2) is 12.1 Å². The molecule has 0 spiro atoms. The van der Waals surface area contributed by atoms with Gasteiger partial charge in [0.1, 0.15) is 0 Å². The number of nitrogens with zero attached hydrogens (tertiary/aromatic N) is 2. The smallest absolute Gasteiger partial charge is 0.329 e. The molecule has 1 rings (SSSR count). The minimum absolute atomic E-state index is 0.168. The molecule has 0 saturated carbocycles. The van der Waals surface area contributed by atoms with Gasteiger partial charge in [-0.05, 0) is 19.1 Å². The maximum atomic E-state index is 12.2. The van der Waals surface area contributed by atoms with Crippen LogP contribution in [0.1, 0.15) is 24.4 Å². The maximum Gasteiger partial charge on any atom is 0.435 e. The van der Waals surface area contributed by atoms with Crippen LogP contribution in [0.4, 0.5) is 13.2 Å². The Kier molecular flexibility index (Phi) is 4.19. The third-order valence-corrected chi connectivity index (χ3v) is 2.01. The van der Waals surface area contributed by atoms with Crippen LogP contribution in [-0.2, 0) is 6.18 Å². The molecule has 4 nitrogen and oxygen atoms in total. The quantitative estimate of drug-likeness (QED) is 0.819. The van der Waals surface area contributed by atoms with E-state index in [1.54, 1.807) is 6.92 Å². The molecule has 0 amide bonds. The highest BCUT2D eigenvalue weighted by Crippen LogP contribution is 2.27. The molecule has 7 heteroatoms. The van der Waals surface area contributed by atoms with Gasteiger partial charge in [0.15, 0.2) is 5.69 Å². The second-order valence-electron chi connectivity index (χ2n) is 3.31. The molecule has 0 aliphatic carbocycles. The van der Waals surface area contributed by atoms with E-state index in [4.69, 9.17) is 5.73 Å². The summed E-state index contributed by atoms with van der Waals surface area (Å²) < 4.78 is 36.6. The number of rotatable bonds is 4. The maximum absolute atomic E-state index is 12.2. The number of hydrogen-bond donors (Lipinski definition) is 2. The van der Waals surface area contributed by atoms with Crippen molar-refractivity contribution >= 4 is 0 Å². The zero-order valence-corrected chi connectivity index (χ0v) is 8.75. The molecule has 0 radical (unpaired) electrons. The van der Waals surface area contributed by atoms with Crippen LogP contribution >= 0.6 is 0 Å². The molecule has 1 heterocycles. The summed E-state index contributed by atoms with van der Waals surface area (Å²) in [4.78, 5) is 0. The lowest BCUT2D eigenvalue weighted by molar-refractivity contribution is -0.141. The summed E-state index contributed by atoms with van der Waals surface area (Å²) in [7, 11) is 0. The van der Waals surface area contributed by atoms with Gasteiger partial charge in [-0.3, -0.25) is 0 Å². The zero-order valence-electron chi connectivity index (χ0n) is 8.75. The lowest BCUT2D eigenvalue weighted by Crippen LogP contribution is -2.26. The first-order valence-electron chi connectivity index (χ1n) is 4.79. The minimum Gasteiger partial charge on any atom is -0.329 e. The van der Waals surface area contributed by atoms with Crippen molar-refractivity contribution in [1.29, 1.82) is 0 Å². The molecular formula is C9H13F3N4. The second kappa shape index (κ2) is 5.22. The fourth-order valence-corrected chi connectivity index (χ4v) is 1.13. The van der Waals surface area contributed by atoms with Gasteiger partial charge in [-0.25, -0.2) is 0 Å². The fourth-order valence-electron chi connectivity index (χ4n) is 1.13. The lowest BCUT2D eigenvalue weighted by atomic mass is 10.2. The Morgan fingerprint density at radius 3 is 2.50 bits per heavy atom. The summed E-state index contributed by atoms with van der Waals surface area (Å²) in [6.07, 6.45) is -4.44. The Morgan fingerprint density at radius 1 is 1.38 bits per heavy atom. The molecule has 16 heavy (non-hydrogen) atoms. The summed E-state index contributed by atoms with van der Waals surface area (Å²) in [5.41, 5.74) is 4.76. The van der Waals surface area contributed by atoms with Crippen molar-refractivity contribution in [2.24, 2.45) is 5.73 Å². The number of alkyl halides is 3. The molecular weight excluding hydrogens is 221 g/mol. The van der Waals surface area contributed by atoms with Crippen LogP contribution < -0.4 is 11.1 Å².